The molecule has 0 radical (unpaired) electrons. The fraction of sp³-hybridized carbons (Fsp3) is 0.500. The van der Waals surface area contributed by atoms with Crippen molar-refractivity contribution < 1.29 is 9.47 Å². The minimum absolute atomic E-state index is 0.201. The van der Waals surface area contributed by atoms with Crippen molar-refractivity contribution in [3.8, 4) is 0 Å². The van der Waals surface area contributed by atoms with Crippen molar-refractivity contribution in [1.29, 1.82) is 0 Å². The maximum Gasteiger partial charge on any atom is 0.162 e. The van der Waals surface area contributed by atoms with Gasteiger partial charge in [0.05, 0.1) is 19.3 Å². The lowest BCUT2D eigenvalue weighted by molar-refractivity contribution is -0.247. The summed E-state index contributed by atoms with van der Waals surface area (Å²) in [4.78, 5) is 0. The number of ether oxygens (including phenoxy) is 2. The van der Waals surface area contributed by atoms with E-state index in [-0.39, 0.29) is 6.04 Å². The molecular weight excluding hydrogens is 270 g/mol. The third kappa shape index (κ3) is 2.97. The maximum absolute atomic E-state index is 5.59. The summed E-state index contributed by atoms with van der Waals surface area (Å²) >= 11 is 3.50. The molecular formula is C12H16BrNO2. The normalized spacial score (nSPS) is 20.7. The van der Waals surface area contributed by atoms with E-state index >= 15 is 0 Å². The van der Waals surface area contributed by atoms with Gasteiger partial charge < -0.3 is 14.8 Å². The van der Waals surface area contributed by atoms with Gasteiger partial charge in [0, 0.05) is 10.2 Å². The summed E-state index contributed by atoms with van der Waals surface area (Å²) in [6, 6.07) is 8.24. The summed E-state index contributed by atoms with van der Waals surface area (Å²) in [5, 5.41) is 3.39. The summed E-state index contributed by atoms with van der Waals surface area (Å²) in [6.07, 6.45) is 0. The number of rotatable bonds is 2. The Bertz CT molecular complexity index is 358. The molecule has 2 rings (SSSR count). The standard InChI is InChI=1S/C12H16BrNO2/c1-12(2)15-7-9(8-16-12)14-11-6-4-3-5-10(11)13/h3-6,9,14H,7-8H2,1-2H3. The first-order valence-electron chi connectivity index (χ1n) is 5.36. The van der Waals surface area contributed by atoms with Gasteiger partial charge >= 0.3 is 0 Å². The van der Waals surface area contributed by atoms with E-state index in [2.05, 4.69) is 21.2 Å². The largest absolute Gasteiger partial charge is 0.377 e. The Labute approximate surface area is 104 Å². The van der Waals surface area contributed by atoms with E-state index < -0.39 is 5.79 Å². The first-order valence-corrected chi connectivity index (χ1v) is 6.15. The molecule has 0 spiro atoms. The van der Waals surface area contributed by atoms with Crippen LogP contribution in [0, 0.1) is 0 Å². The highest BCUT2D eigenvalue weighted by atomic mass is 79.9. The molecule has 1 aromatic carbocycles. The van der Waals surface area contributed by atoms with Gasteiger partial charge in [0.1, 0.15) is 0 Å². The fourth-order valence-electron chi connectivity index (χ4n) is 1.57. The number of hydrogen-bond acceptors (Lipinski definition) is 3. The van der Waals surface area contributed by atoms with E-state index in [1.165, 1.54) is 0 Å². The lowest BCUT2D eigenvalue weighted by Crippen LogP contribution is -2.45. The summed E-state index contributed by atoms with van der Waals surface area (Å²) in [6.45, 7) is 5.19. The van der Waals surface area contributed by atoms with E-state index in [1.807, 2.05) is 38.1 Å². The quantitative estimate of drug-likeness (QED) is 0.906. The molecule has 1 aromatic rings. The minimum atomic E-state index is -0.452. The highest BCUT2D eigenvalue weighted by Gasteiger charge is 2.28. The summed E-state index contributed by atoms with van der Waals surface area (Å²) < 4.78 is 12.2. The smallest absolute Gasteiger partial charge is 0.162 e. The molecule has 0 unspecified atom stereocenters. The van der Waals surface area contributed by atoms with Crippen LogP contribution in [0.3, 0.4) is 0 Å². The predicted octanol–water partition coefficient (Wildman–Crippen LogP) is 3.01. The van der Waals surface area contributed by atoms with Crippen LogP contribution >= 0.6 is 15.9 Å². The average Bonchev–Trinajstić information content (AvgIpc) is 2.24. The second-order valence-corrected chi connectivity index (χ2v) is 5.20. The van der Waals surface area contributed by atoms with Gasteiger partial charge in [-0.25, -0.2) is 0 Å². The lowest BCUT2D eigenvalue weighted by atomic mass is 10.2. The Balaban J connectivity index is 1.95. The Morgan fingerprint density at radius 1 is 1.25 bits per heavy atom. The van der Waals surface area contributed by atoms with Gasteiger partial charge in [-0.3, -0.25) is 0 Å². The molecule has 1 aliphatic rings. The number of para-hydroxylation sites is 1. The van der Waals surface area contributed by atoms with Crippen molar-refractivity contribution in [3.05, 3.63) is 28.7 Å². The van der Waals surface area contributed by atoms with Crippen LogP contribution in [0.25, 0.3) is 0 Å². The molecule has 1 aliphatic heterocycles. The molecule has 1 N–H and O–H groups in total. The Morgan fingerprint density at radius 3 is 2.50 bits per heavy atom. The Kier molecular flexibility index (Phi) is 3.52. The highest BCUT2D eigenvalue weighted by molar-refractivity contribution is 9.10. The van der Waals surface area contributed by atoms with Crippen LogP contribution in [0.4, 0.5) is 5.69 Å². The van der Waals surface area contributed by atoms with Crippen LogP contribution in [0.15, 0.2) is 28.7 Å². The zero-order valence-corrected chi connectivity index (χ0v) is 11.1. The zero-order chi connectivity index (χ0) is 11.6. The highest BCUT2D eigenvalue weighted by Crippen LogP contribution is 2.24. The van der Waals surface area contributed by atoms with Crippen LogP contribution in [0.5, 0.6) is 0 Å². The second-order valence-electron chi connectivity index (χ2n) is 4.34. The molecule has 1 fully saturated rings. The van der Waals surface area contributed by atoms with Gasteiger partial charge in [-0.15, -0.1) is 0 Å². The average molecular weight is 286 g/mol. The molecule has 0 bridgehead atoms. The molecule has 0 saturated carbocycles. The number of nitrogens with one attached hydrogen (secondary N) is 1. The first kappa shape index (κ1) is 11.9. The molecule has 3 nitrogen and oxygen atoms in total. The van der Waals surface area contributed by atoms with Gasteiger partial charge in [-0.2, -0.15) is 0 Å². The number of hydrogen-bond donors (Lipinski definition) is 1. The van der Waals surface area contributed by atoms with Crippen LogP contribution in [-0.4, -0.2) is 25.0 Å². The summed E-state index contributed by atoms with van der Waals surface area (Å²) in [5.41, 5.74) is 1.07. The molecule has 0 aliphatic carbocycles. The second kappa shape index (κ2) is 4.73. The van der Waals surface area contributed by atoms with Crippen LogP contribution in [0.2, 0.25) is 0 Å². The van der Waals surface area contributed by atoms with Crippen molar-refractivity contribution in [1.82, 2.24) is 0 Å². The van der Waals surface area contributed by atoms with Gasteiger partial charge in [0.25, 0.3) is 0 Å². The van der Waals surface area contributed by atoms with Crippen molar-refractivity contribution in [3.63, 3.8) is 0 Å². The van der Waals surface area contributed by atoms with Crippen LogP contribution in [-0.2, 0) is 9.47 Å². The van der Waals surface area contributed by atoms with Crippen LogP contribution in [0.1, 0.15) is 13.8 Å². The Morgan fingerprint density at radius 2 is 1.88 bits per heavy atom. The van der Waals surface area contributed by atoms with Gasteiger partial charge in [-0.05, 0) is 41.9 Å². The first-order chi connectivity index (χ1) is 7.57. The molecule has 1 saturated heterocycles. The molecule has 0 atom stereocenters. The SMILES string of the molecule is CC1(C)OCC(Nc2ccccc2Br)CO1. The number of halogens is 1. The van der Waals surface area contributed by atoms with E-state index in [9.17, 15) is 0 Å². The Hall–Kier alpha value is -0.580. The van der Waals surface area contributed by atoms with Crippen molar-refractivity contribution in [2.75, 3.05) is 18.5 Å². The van der Waals surface area contributed by atoms with Crippen LogP contribution < -0.4 is 5.32 Å². The van der Waals surface area contributed by atoms with Gasteiger partial charge in [-0.1, -0.05) is 12.1 Å². The number of anilines is 1. The molecule has 16 heavy (non-hydrogen) atoms. The number of benzene rings is 1. The van der Waals surface area contributed by atoms with Crippen molar-refractivity contribution in [2.24, 2.45) is 0 Å². The fourth-order valence-corrected chi connectivity index (χ4v) is 1.97. The summed E-state index contributed by atoms with van der Waals surface area (Å²) in [5.74, 6) is -0.452. The van der Waals surface area contributed by atoms with Crippen molar-refractivity contribution in [2.45, 2.75) is 25.7 Å². The van der Waals surface area contributed by atoms with Gasteiger partial charge in [0.2, 0.25) is 0 Å². The van der Waals surface area contributed by atoms with E-state index in [1.54, 1.807) is 0 Å². The summed E-state index contributed by atoms with van der Waals surface area (Å²) in [7, 11) is 0. The molecule has 4 heteroatoms. The third-order valence-electron chi connectivity index (χ3n) is 2.50. The van der Waals surface area contributed by atoms with E-state index in [0.29, 0.717) is 13.2 Å². The van der Waals surface area contributed by atoms with E-state index in [0.717, 1.165) is 10.2 Å². The van der Waals surface area contributed by atoms with Crippen molar-refractivity contribution >= 4 is 21.6 Å². The monoisotopic (exact) mass is 285 g/mol. The van der Waals surface area contributed by atoms with Gasteiger partial charge in [0.15, 0.2) is 5.79 Å². The maximum atomic E-state index is 5.59. The zero-order valence-electron chi connectivity index (χ0n) is 9.50. The third-order valence-corrected chi connectivity index (χ3v) is 3.19. The minimum Gasteiger partial charge on any atom is -0.377 e. The topological polar surface area (TPSA) is 30.5 Å². The molecule has 0 aromatic heterocycles. The molecule has 1 heterocycles. The molecule has 88 valence electrons. The molecule has 0 amide bonds. The van der Waals surface area contributed by atoms with E-state index in [4.69, 9.17) is 9.47 Å². The lowest BCUT2D eigenvalue weighted by Gasteiger charge is -2.35. The predicted molar refractivity (Wildman–Crippen MR) is 67.5 cm³/mol.